The Morgan fingerprint density at radius 2 is 2.06 bits per heavy atom. The molecule has 0 aliphatic heterocycles. The van der Waals surface area contributed by atoms with Crippen molar-refractivity contribution in [2.75, 3.05) is 0 Å². The number of nitrogens with one attached hydrogen (secondary N) is 1. The van der Waals surface area contributed by atoms with Crippen molar-refractivity contribution in [3.8, 4) is 11.5 Å². The van der Waals surface area contributed by atoms with Gasteiger partial charge in [0.15, 0.2) is 5.82 Å². The molecule has 0 radical (unpaired) electrons. The fourth-order valence-corrected chi connectivity index (χ4v) is 2.75. The van der Waals surface area contributed by atoms with Gasteiger partial charge in [0.2, 0.25) is 0 Å². The van der Waals surface area contributed by atoms with E-state index in [1.165, 1.54) is 0 Å². The standard InChI is InChI=1S/C12H15IN4O/c1-12(2,3)9-8(13)11(18)16-10(15-9)7-5-6-14-17(7)4/h5-6H,1-4H3,(H,15,16,18). The highest BCUT2D eigenvalue weighted by molar-refractivity contribution is 14.1. The van der Waals surface area contributed by atoms with E-state index in [2.05, 4.69) is 15.1 Å². The summed E-state index contributed by atoms with van der Waals surface area (Å²) in [6.45, 7) is 6.14. The van der Waals surface area contributed by atoms with E-state index >= 15 is 0 Å². The van der Waals surface area contributed by atoms with Gasteiger partial charge in [0.1, 0.15) is 9.26 Å². The molecule has 2 rings (SSSR count). The highest BCUT2D eigenvalue weighted by Gasteiger charge is 2.22. The lowest BCUT2D eigenvalue weighted by Gasteiger charge is -2.19. The van der Waals surface area contributed by atoms with E-state index in [4.69, 9.17) is 0 Å². The molecule has 0 atom stereocenters. The van der Waals surface area contributed by atoms with Crippen molar-refractivity contribution in [1.29, 1.82) is 0 Å². The van der Waals surface area contributed by atoms with E-state index < -0.39 is 0 Å². The van der Waals surface area contributed by atoms with Gasteiger partial charge in [-0.2, -0.15) is 5.10 Å². The van der Waals surface area contributed by atoms with Crippen LogP contribution in [0.2, 0.25) is 0 Å². The van der Waals surface area contributed by atoms with Gasteiger partial charge in [-0.25, -0.2) is 4.98 Å². The minimum Gasteiger partial charge on any atom is -0.304 e. The summed E-state index contributed by atoms with van der Waals surface area (Å²) in [5, 5.41) is 4.09. The number of H-pyrrole nitrogens is 1. The van der Waals surface area contributed by atoms with Gasteiger partial charge in [-0.15, -0.1) is 0 Å². The van der Waals surface area contributed by atoms with Crippen LogP contribution in [-0.4, -0.2) is 19.7 Å². The van der Waals surface area contributed by atoms with Crippen LogP contribution in [0.4, 0.5) is 0 Å². The molecule has 0 spiro atoms. The van der Waals surface area contributed by atoms with Crippen molar-refractivity contribution in [3.63, 3.8) is 0 Å². The Morgan fingerprint density at radius 1 is 1.39 bits per heavy atom. The molecule has 6 heteroatoms. The average molecular weight is 358 g/mol. The van der Waals surface area contributed by atoms with Crippen molar-refractivity contribution < 1.29 is 0 Å². The predicted molar refractivity (Wildman–Crippen MR) is 78.5 cm³/mol. The zero-order chi connectivity index (χ0) is 13.5. The maximum atomic E-state index is 12.0. The third-order valence-electron chi connectivity index (χ3n) is 2.64. The summed E-state index contributed by atoms with van der Waals surface area (Å²) >= 11 is 2.04. The number of nitrogens with zero attached hydrogens (tertiary/aromatic N) is 3. The molecular weight excluding hydrogens is 343 g/mol. The lowest BCUT2D eigenvalue weighted by molar-refractivity contribution is 0.561. The molecule has 0 aromatic carbocycles. The normalized spacial score (nSPS) is 11.8. The molecule has 0 aliphatic rings. The fourth-order valence-electron chi connectivity index (χ4n) is 1.68. The zero-order valence-corrected chi connectivity index (χ0v) is 12.9. The smallest absolute Gasteiger partial charge is 0.264 e. The first kappa shape index (κ1) is 13.3. The molecule has 0 saturated heterocycles. The van der Waals surface area contributed by atoms with Gasteiger partial charge in [0.05, 0.1) is 5.69 Å². The van der Waals surface area contributed by atoms with Crippen LogP contribution < -0.4 is 5.56 Å². The molecule has 2 heterocycles. The average Bonchev–Trinajstić information content (AvgIpc) is 2.66. The second kappa shape index (κ2) is 4.49. The van der Waals surface area contributed by atoms with Gasteiger partial charge >= 0.3 is 0 Å². The number of hydrogen-bond donors (Lipinski definition) is 1. The summed E-state index contributed by atoms with van der Waals surface area (Å²) < 4.78 is 2.34. The Morgan fingerprint density at radius 3 is 2.56 bits per heavy atom. The van der Waals surface area contributed by atoms with E-state index in [1.807, 2.05) is 56.5 Å². The van der Waals surface area contributed by atoms with Gasteiger partial charge in [-0.3, -0.25) is 9.48 Å². The lowest BCUT2D eigenvalue weighted by Crippen LogP contribution is -2.24. The maximum absolute atomic E-state index is 12.0. The first-order valence-corrected chi connectivity index (χ1v) is 6.67. The number of aryl methyl sites for hydroxylation is 1. The van der Waals surface area contributed by atoms with Crippen LogP contribution >= 0.6 is 22.6 Å². The van der Waals surface area contributed by atoms with Gasteiger partial charge in [-0.1, -0.05) is 20.8 Å². The molecule has 18 heavy (non-hydrogen) atoms. The number of halogens is 1. The van der Waals surface area contributed by atoms with Gasteiger partial charge < -0.3 is 4.98 Å². The van der Waals surface area contributed by atoms with Crippen LogP contribution in [0.1, 0.15) is 26.5 Å². The number of aromatic nitrogens is 4. The molecule has 5 nitrogen and oxygen atoms in total. The highest BCUT2D eigenvalue weighted by Crippen LogP contribution is 2.24. The summed E-state index contributed by atoms with van der Waals surface area (Å²) in [5.74, 6) is 0.561. The predicted octanol–water partition coefficient (Wildman–Crippen LogP) is 2.07. The molecule has 0 bridgehead atoms. The third-order valence-corrected chi connectivity index (χ3v) is 3.64. The quantitative estimate of drug-likeness (QED) is 0.794. The van der Waals surface area contributed by atoms with Crippen LogP contribution in [0.3, 0.4) is 0 Å². The van der Waals surface area contributed by atoms with E-state index in [1.54, 1.807) is 10.9 Å². The minimum atomic E-state index is -0.169. The van der Waals surface area contributed by atoms with Crippen molar-refractivity contribution >= 4 is 22.6 Å². The maximum Gasteiger partial charge on any atom is 0.264 e. The third kappa shape index (κ3) is 2.33. The van der Waals surface area contributed by atoms with Gasteiger partial charge in [0, 0.05) is 18.7 Å². The van der Waals surface area contributed by atoms with Crippen LogP contribution in [0.25, 0.3) is 11.5 Å². The molecule has 0 amide bonds. The summed E-state index contributed by atoms with van der Waals surface area (Å²) in [4.78, 5) is 19.4. The largest absolute Gasteiger partial charge is 0.304 e. The van der Waals surface area contributed by atoms with Crippen molar-refractivity contribution in [2.45, 2.75) is 26.2 Å². The summed E-state index contributed by atoms with van der Waals surface area (Å²) in [7, 11) is 1.82. The van der Waals surface area contributed by atoms with E-state index in [0.717, 1.165) is 11.4 Å². The fraction of sp³-hybridized carbons (Fsp3) is 0.417. The van der Waals surface area contributed by atoms with Gasteiger partial charge in [-0.05, 0) is 28.7 Å². The molecule has 0 fully saturated rings. The number of hydrogen-bond acceptors (Lipinski definition) is 3. The number of rotatable bonds is 1. The topological polar surface area (TPSA) is 63.6 Å². The van der Waals surface area contributed by atoms with E-state index in [-0.39, 0.29) is 11.0 Å². The van der Waals surface area contributed by atoms with Crippen LogP contribution in [0.15, 0.2) is 17.1 Å². The van der Waals surface area contributed by atoms with Crippen LogP contribution in [0, 0.1) is 3.57 Å². The van der Waals surface area contributed by atoms with Crippen molar-refractivity contribution in [3.05, 3.63) is 31.9 Å². The Bertz CT molecular complexity index is 636. The summed E-state index contributed by atoms with van der Waals surface area (Å²) in [6, 6.07) is 1.83. The van der Waals surface area contributed by atoms with E-state index in [0.29, 0.717) is 9.39 Å². The molecular formula is C12H15IN4O. The monoisotopic (exact) mass is 358 g/mol. The molecule has 0 aliphatic carbocycles. The Kier molecular flexibility index (Phi) is 3.31. The molecule has 2 aromatic rings. The zero-order valence-electron chi connectivity index (χ0n) is 10.8. The van der Waals surface area contributed by atoms with Gasteiger partial charge in [0.25, 0.3) is 5.56 Å². The Hall–Kier alpha value is -1.18. The number of aromatic amines is 1. The second-order valence-corrected chi connectivity index (χ2v) is 6.25. The Balaban J connectivity index is 2.70. The van der Waals surface area contributed by atoms with Crippen LogP contribution in [0.5, 0.6) is 0 Å². The second-order valence-electron chi connectivity index (χ2n) is 5.17. The Labute approximate surface area is 119 Å². The van der Waals surface area contributed by atoms with Crippen molar-refractivity contribution in [1.82, 2.24) is 19.7 Å². The SMILES string of the molecule is Cn1nccc1-c1nc(C(C)(C)C)c(I)c(=O)[nH]1. The van der Waals surface area contributed by atoms with Crippen molar-refractivity contribution in [2.24, 2.45) is 7.05 Å². The first-order chi connectivity index (χ1) is 8.30. The molecule has 0 saturated carbocycles. The molecule has 2 aromatic heterocycles. The highest BCUT2D eigenvalue weighted by atomic mass is 127. The van der Waals surface area contributed by atoms with Crippen LogP contribution in [-0.2, 0) is 12.5 Å². The molecule has 96 valence electrons. The summed E-state index contributed by atoms with van der Waals surface area (Å²) in [6.07, 6.45) is 1.68. The van der Waals surface area contributed by atoms with E-state index in [9.17, 15) is 4.79 Å². The molecule has 1 N–H and O–H groups in total. The summed E-state index contributed by atoms with van der Waals surface area (Å²) in [5.41, 5.74) is 1.33. The minimum absolute atomic E-state index is 0.105. The molecule has 0 unspecified atom stereocenters. The first-order valence-electron chi connectivity index (χ1n) is 5.59. The lowest BCUT2D eigenvalue weighted by atomic mass is 9.92.